The number of esters is 2. The molecule has 0 aliphatic heterocycles. The van der Waals surface area contributed by atoms with Crippen LogP contribution in [0.3, 0.4) is 0 Å². The van der Waals surface area contributed by atoms with Crippen LogP contribution in [-0.2, 0) is 28.7 Å². The topological polar surface area (TPSA) is 98.8 Å². The van der Waals surface area contributed by atoms with Gasteiger partial charge in [-0.05, 0) is 27.2 Å². The van der Waals surface area contributed by atoms with Crippen molar-refractivity contribution in [1.29, 1.82) is 0 Å². The summed E-state index contributed by atoms with van der Waals surface area (Å²) < 4.78 is 9.80. The zero-order chi connectivity index (χ0) is 18.7. The lowest BCUT2D eigenvalue weighted by molar-refractivity contribution is -0.148. The van der Waals surface area contributed by atoms with Gasteiger partial charge >= 0.3 is 11.9 Å². The van der Waals surface area contributed by atoms with Gasteiger partial charge in [-0.1, -0.05) is 25.6 Å². The van der Waals surface area contributed by atoms with Gasteiger partial charge in [-0.15, -0.1) is 0 Å². The van der Waals surface area contributed by atoms with E-state index in [1.54, 1.807) is 27.7 Å². The summed E-state index contributed by atoms with van der Waals surface area (Å²) in [5.74, 6) is -1.72. The number of hydrogen-bond acceptors (Lipinski definition) is 7. The lowest BCUT2D eigenvalue weighted by Gasteiger charge is -2.18. The number of nitrogens with one attached hydrogen (secondary N) is 1. The molecule has 0 rings (SSSR count). The van der Waals surface area contributed by atoms with Crippen LogP contribution in [0.15, 0.2) is 0 Å². The molecule has 0 saturated heterocycles. The highest BCUT2D eigenvalue weighted by atomic mass is 32.2. The van der Waals surface area contributed by atoms with E-state index in [-0.39, 0.29) is 36.7 Å². The Hall–Kier alpha value is -1.57. The minimum absolute atomic E-state index is 0.00873. The molecule has 0 radical (unpaired) electrons. The fourth-order valence-corrected chi connectivity index (χ4v) is 2.35. The molecule has 2 atom stereocenters. The van der Waals surface area contributed by atoms with Crippen LogP contribution < -0.4 is 5.32 Å². The molecule has 0 aromatic carbocycles. The third-order valence-electron chi connectivity index (χ3n) is 3.01. The van der Waals surface area contributed by atoms with E-state index >= 15 is 0 Å². The number of rotatable bonds is 10. The Bertz CT molecular complexity index is 452. The van der Waals surface area contributed by atoms with Crippen molar-refractivity contribution in [2.45, 2.75) is 59.6 Å². The maximum atomic E-state index is 11.9. The van der Waals surface area contributed by atoms with E-state index in [9.17, 15) is 19.2 Å². The average Bonchev–Trinajstić information content (AvgIpc) is 2.49. The van der Waals surface area contributed by atoms with Gasteiger partial charge < -0.3 is 14.8 Å². The van der Waals surface area contributed by atoms with Crippen molar-refractivity contribution < 1.29 is 28.7 Å². The van der Waals surface area contributed by atoms with Gasteiger partial charge in [0.1, 0.15) is 12.5 Å². The van der Waals surface area contributed by atoms with Crippen molar-refractivity contribution in [2.24, 2.45) is 5.92 Å². The molecule has 0 aromatic heterocycles. The molecular formula is C16H27NO6S. The van der Waals surface area contributed by atoms with E-state index in [0.29, 0.717) is 6.42 Å². The lowest BCUT2D eigenvalue weighted by Crippen LogP contribution is -2.45. The normalized spacial score (nSPS) is 13.1. The molecule has 8 heteroatoms. The van der Waals surface area contributed by atoms with Crippen molar-refractivity contribution in [3.8, 4) is 0 Å². The second-order valence-electron chi connectivity index (χ2n) is 5.52. The molecule has 1 N–H and O–H groups in total. The molecule has 0 aromatic rings. The molecule has 0 fully saturated rings. The number of carbonyl (C=O) groups excluding carboxylic acids is 4. The van der Waals surface area contributed by atoms with Crippen LogP contribution in [-0.4, -0.2) is 47.5 Å². The third-order valence-corrected chi connectivity index (χ3v) is 3.98. The number of ether oxygens (including phenoxy) is 2. The minimum Gasteiger partial charge on any atom is -0.464 e. The molecule has 0 aliphatic rings. The number of amides is 1. The Morgan fingerprint density at radius 2 is 1.71 bits per heavy atom. The molecule has 138 valence electrons. The van der Waals surface area contributed by atoms with Crippen molar-refractivity contribution in [3.05, 3.63) is 0 Å². The predicted molar refractivity (Wildman–Crippen MR) is 91.3 cm³/mol. The maximum Gasteiger partial charge on any atom is 0.329 e. The quantitative estimate of drug-likeness (QED) is 0.467. The predicted octanol–water partition coefficient (Wildman–Crippen LogP) is 1.68. The van der Waals surface area contributed by atoms with Crippen molar-refractivity contribution in [2.75, 3.05) is 12.4 Å². The van der Waals surface area contributed by atoms with Crippen LogP contribution in [0.1, 0.15) is 47.5 Å². The van der Waals surface area contributed by atoms with E-state index in [0.717, 1.165) is 11.8 Å². The first-order chi connectivity index (χ1) is 11.2. The molecule has 2 unspecified atom stereocenters. The van der Waals surface area contributed by atoms with Gasteiger partial charge in [0.2, 0.25) is 5.91 Å². The summed E-state index contributed by atoms with van der Waals surface area (Å²) >= 11 is 0.800. The fraction of sp³-hybridized carbons (Fsp3) is 0.750. The Morgan fingerprint density at radius 1 is 1.08 bits per heavy atom. The van der Waals surface area contributed by atoms with Crippen molar-refractivity contribution in [1.82, 2.24) is 5.32 Å². The molecule has 0 aliphatic carbocycles. The standard InChI is InChI=1S/C16H27NO6S/c1-6-11(5)15(20)17-12(16(21)22-7-2)9-24-14(19)8-13(18)23-10(3)4/h10-12H,6-9H2,1-5H3,(H,17,20). The van der Waals surface area contributed by atoms with Crippen LogP contribution in [0, 0.1) is 5.92 Å². The summed E-state index contributed by atoms with van der Waals surface area (Å²) in [6, 6.07) is -0.929. The zero-order valence-electron chi connectivity index (χ0n) is 14.9. The Labute approximate surface area is 147 Å². The first-order valence-electron chi connectivity index (χ1n) is 8.03. The van der Waals surface area contributed by atoms with E-state index < -0.39 is 23.1 Å². The average molecular weight is 361 g/mol. The van der Waals surface area contributed by atoms with Crippen LogP contribution in [0.5, 0.6) is 0 Å². The van der Waals surface area contributed by atoms with Crippen LogP contribution >= 0.6 is 11.8 Å². The zero-order valence-corrected chi connectivity index (χ0v) is 15.7. The summed E-state index contributed by atoms with van der Waals surface area (Å²) in [6.07, 6.45) is -0.0379. The Morgan fingerprint density at radius 3 is 2.21 bits per heavy atom. The maximum absolute atomic E-state index is 11.9. The van der Waals surface area contributed by atoms with Crippen LogP contribution in [0.25, 0.3) is 0 Å². The van der Waals surface area contributed by atoms with Gasteiger partial charge in [0.25, 0.3) is 0 Å². The SMILES string of the molecule is CCOC(=O)C(CSC(=O)CC(=O)OC(C)C)NC(=O)C(C)CC. The molecule has 1 amide bonds. The number of thioether (sulfide) groups is 1. The Balaban J connectivity index is 4.60. The third kappa shape index (κ3) is 9.54. The van der Waals surface area contributed by atoms with E-state index in [1.807, 2.05) is 6.92 Å². The monoisotopic (exact) mass is 361 g/mol. The minimum atomic E-state index is -0.929. The first kappa shape index (κ1) is 22.4. The highest BCUT2D eigenvalue weighted by Gasteiger charge is 2.25. The van der Waals surface area contributed by atoms with E-state index in [1.165, 1.54) is 0 Å². The van der Waals surface area contributed by atoms with Crippen LogP contribution in [0.4, 0.5) is 0 Å². The molecule has 0 saturated carbocycles. The molecule has 0 heterocycles. The summed E-state index contributed by atoms with van der Waals surface area (Å²) in [4.78, 5) is 47.1. The lowest BCUT2D eigenvalue weighted by atomic mass is 10.1. The molecule has 7 nitrogen and oxygen atoms in total. The highest BCUT2D eigenvalue weighted by molar-refractivity contribution is 8.13. The Kier molecular flexibility index (Phi) is 11.1. The second-order valence-corrected chi connectivity index (χ2v) is 6.60. The summed E-state index contributed by atoms with van der Waals surface area (Å²) in [5, 5.41) is 2.17. The van der Waals surface area contributed by atoms with Gasteiger partial charge in [-0.2, -0.15) is 0 Å². The van der Waals surface area contributed by atoms with Crippen LogP contribution in [0.2, 0.25) is 0 Å². The van der Waals surface area contributed by atoms with Gasteiger partial charge in [0, 0.05) is 11.7 Å². The highest BCUT2D eigenvalue weighted by Crippen LogP contribution is 2.11. The number of carbonyl (C=O) groups is 4. The van der Waals surface area contributed by atoms with Gasteiger partial charge in [-0.3, -0.25) is 14.4 Å². The summed E-state index contributed by atoms with van der Waals surface area (Å²) in [7, 11) is 0. The largest absolute Gasteiger partial charge is 0.464 e. The summed E-state index contributed by atoms with van der Waals surface area (Å²) in [5.41, 5.74) is 0. The molecule has 0 spiro atoms. The van der Waals surface area contributed by atoms with E-state index in [4.69, 9.17) is 9.47 Å². The molecule has 24 heavy (non-hydrogen) atoms. The van der Waals surface area contributed by atoms with Gasteiger partial charge in [-0.25, -0.2) is 4.79 Å². The first-order valence-corrected chi connectivity index (χ1v) is 9.01. The molecular weight excluding hydrogens is 334 g/mol. The van der Waals surface area contributed by atoms with Crippen molar-refractivity contribution >= 4 is 34.7 Å². The van der Waals surface area contributed by atoms with E-state index in [2.05, 4.69) is 5.32 Å². The molecule has 0 bridgehead atoms. The van der Waals surface area contributed by atoms with Gasteiger partial charge in [0.15, 0.2) is 5.12 Å². The summed E-state index contributed by atoms with van der Waals surface area (Å²) in [6.45, 7) is 8.83. The van der Waals surface area contributed by atoms with Gasteiger partial charge in [0.05, 0.1) is 12.7 Å². The smallest absolute Gasteiger partial charge is 0.329 e. The number of hydrogen-bond donors (Lipinski definition) is 1. The second kappa shape index (κ2) is 11.9. The van der Waals surface area contributed by atoms with Crippen molar-refractivity contribution in [3.63, 3.8) is 0 Å². The fourth-order valence-electron chi connectivity index (χ4n) is 1.56.